The van der Waals surface area contributed by atoms with Crippen LogP contribution in [0.4, 0.5) is 11.4 Å². The van der Waals surface area contributed by atoms with Gasteiger partial charge < -0.3 is 19.7 Å². The van der Waals surface area contributed by atoms with Crippen molar-refractivity contribution in [3.63, 3.8) is 0 Å². The summed E-state index contributed by atoms with van der Waals surface area (Å²) in [6.07, 6.45) is 2.43. The van der Waals surface area contributed by atoms with Crippen molar-refractivity contribution < 1.29 is 19.2 Å². The number of nitrogens with one attached hydrogen (secondary N) is 1. The van der Waals surface area contributed by atoms with Crippen LogP contribution in [0.15, 0.2) is 42.5 Å². The van der Waals surface area contributed by atoms with Crippen molar-refractivity contribution >= 4 is 17.3 Å². The quantitative estimate of drug-likeness (QED) is 0.504. The molecule has 0 saturated carbocycles. The average molecular weight is 428 g/mol. The van der Waals surface area contributed by atoms with Gasteiger partial charge in [0.15, 0.2) is 6.61 Å². The van der Waals surface area contributed by atoms with Crippen LogP contribution in [-0.4, -0.2) is 37.6 Å². The van der Waals surface area contributed by atoms with Crippen LogP contribution in [0.5, 0.6) is 11.5 Å². The number of hydrogen-bond acceptors (Lipinski definition) is 6. The highest BCUT2D eigenvalue weighted by Crippen LogP contribution is 2.30. The highest BCUT2D eigenvalue weighted by molar-refractivity contribution is 5.78. The van der Waals surface area contributed by atoms with Crippen molar-refractivity contribution in [1.82, 2.24) is 5.32 Å². The van der Waals surface area contributed by atoms with E-state index in [0.29, 0.717) is 5.75 Å². The van der Waals surface area contributed by atoms with Crippen LogP contribution in [0.1, 0.15) is 38.3 Å². The minimum atomic E-state index is -0.534. The second-order valence-electron chi connectivity index (χ2n) is 7.93. The summed E-state index contributed by atoms with van der Waals surface area (Å²) in [4.78, 5) is 25.1. The van der Waals surface area contributed by atoms with E-state index >= 15 is 0 Å². The Kier molecular flexibility index (Phi) is 7.33. The van der Waals surface area contributed by atoms with E-state index in [-0.39, 0.29) is 30.0 Å². The number of piperidine rings is 1. The van der Waals surface area contributed by atoms with Crippen LogP contribution >= 0.6 is 0 Å². The van der Waals surface area contributed by atoms with Crippen LogP contribution in [0.2, 0.25) is 0 Å². The lowest BCUT2D eigenvalue weighted by Gasteiger charge is -2.32. The van der Waals surface area contributed by atoms with Crippen LogP contribution < -0.4 is 19.7 Å². The van der Waals surface area contributed by atoms with Crippen LogP contribution in [0.25, 0.3) is 0 Å². The molecular formula is C23H29N3O5. The average Bonchev–Trinajstić information content (AvgIpc) is 2.78. The monoisotopic (exact) mass is 427 g/mol. The van der Waals surface area contributed by atoms with Crippen LogP contribution in [0, 0.1) is 16.0 Å². The third kappa shape index (κ3) is 5.87. The number of methoxy groups -OCH3 is 1. The number of nitro benzene ring substituents is 1. The number of ether oxygens (including phenoxy) is 2. The molecule has 1 heterocycles. The summed E-state index contributed by atoms with van der Waals surface area (Å²) < 4.78 is 10.5. The maximum atomic E-state index is 12.3. The number of anilines is 1. The number of nitro groups is 1. The fraction of sp³-hybridized carbons (Fsp3) is 0.435. The Labute approximate surface area is 182 Å². The highest BCUT2D eigenvalue weighted by Gasteiger charge is 2.18. The van der Waals surface area contributed by atoms with E-state index in [4.69, 9.17) is 9.47 Å². The molecule has 1 fully saturated rings. The standard InChI is InChI=1S/C23H29N3O5/c1-16-10-12-25(13-11-16)19-6-4-18(5-7-19)17(2)24-23(27)15-31-20-8-9-21(26(28)29)22(14-20)30-3/h4-9,14,16-17H,10-13,15H2,1-3H3,(H,24,27)/t17-/m0/s1. The molecule has 0 unspecified atom stereocenters. The number of amides is 1. The molecule has 31 heavy (non-hydrogen) atoms. The molecule has 2 aromatic carbocycles. The zero-order valence-electron chi connectivity index (χ0n) is 18.2. The summed E-state index contributed by atoms with van der Waals surface area (Å²) in [5.74, 6) is 0.920. The van der Waals surface area contributed by atoms with E-state index in [0.717, 1.165) is 24.6 Å². The predicted molar refractivity (Wildman–Crippen MR) is 119 cm³/mol. The fourth-order valence-electron chi connectivity index (χ4n) is 3.65. The third-order valence-electron chi connectivity index (χ3n) is 5.64. The van der Waals surface area contributed by atoms with E-state index in [9.17, 15) is 14.9 Å². The van der Waals surface area contributed by atoms with E-state index in [1.807, 2.05) is 19.1 Å². The summed E-state index contributed by atoms with van der Waals surface area (Å²) in [6, 6.07) is 12.3. The molecule has 0 aromatic heterocycles. The lowest BCUT2D eigenvalue weighted by Crippen LogP contribution is -2.33. The van der Waals surface area contributed by atoms with Gasteiger partial charge in [0, 0.05) is 30.9 Å². The number of carbonyl (C=O) groups is 1. The van der Waals surface area contributed by atoms with Gasteiger partial charge in [-0.25, -0.2) is 0 Å². The van der Waals surface area contributed by atoms with Gasteiger partial charge in [0.25, 0.3) is 5.91 Å². The maximum absolute atomic E-state index is 12.3. The summed E-state index contributed by atoms with van der Waals surface area (Å²) >= 11 is 0. The Morgan fingerprint density at radius 1 is 1.23 bits per heavy atom. The number of nitrogens with zero attached hydrogens (tertiary/aromatic N) is 2. The lowest BCUT2D eigenvalue weighted by atomic mass is 9.98. The molecule has 1 aliphatic heterocycles. The maximum Gasteiger partial charge on any atom is 0.311 e. The molecule has 3 rings (SSSR count). The largest absolute Gasteiger partial charge is 0.490 e. The van der Waals surface area contributed by atoms with Gasteiger partial charge in [0.2, 0.25) is 5.75 Å². The Hall–Kier alpha value is -3.29. The number of benzene rings is 2. The molecule has 1 aliphatic rings. The van der Waals surface area contributed by atoms with Crippen molar-refractivity contribution in [1.29, 1.82) is 0 Å². The molecule has 1 saturated heterocycles. The van der Waals surface area contributed by atoms with E-state index in [2.05, 4.69) is 29.3 Å². The van der Waals surface area contributed by atoms with Gasteiger partial charge in [0.1, 0.15) is 5.75 Å². The van der Waals surface area contributed by atoms with Crippen molar-refractivity contribution in [2.45, 2.75) is 32.7 Å². The van der Waals surface area contributed by atoms with Gasteiger partial charge in [-0.1, -0.05) is 19.1 Å². The van der Waals surface area contributed by atoms with Crippen molar-refractivity contribution in [2.75, 3.05) is 31.7 Å². The molecule has 1 N–H and O–H groups in total. The molecular weight excluding hydrogens is 398 g/mol. The van der Waals surface area contributed by atoms with E-state index in [1.54, 1.807) is 0 Å². The normalized spacial score (nSPS) is 15.3. The summed E-state index contributed by atoms with van der Waals surface area (Å²) in [5.41, 5.74) is 2.07. The van der Waals surface area contributed by atoms with Gasteiger partial charge in [-0.3, -0.25) is 14.9 Å². The van der Waals surface area contributed by atoms with Crippen molar-refractivity contribution in [3.8, 4) is 11.5 Å². The zero-order valence-corrected chi connectivity index (χ0v) is 18.2. The Balaban J connectivity index is 1.52. The number of rotatable bonds is 8. The fourth-order valence-corrected chi connectivity index (χ4v) is 3.65. The van der Waals surface area contributed by atoms with E-state index < -0.39 is 4.92 Å². The van der Waals surface area contributed by atoms with Gasteiger partial charge >= 0.3 is 5.69 Å². The van der Waals surface area contributed by atoms with Gasteiger partial charge in [0.05, 0.1) is 18.1 Å². The lowest BCUT2D eigenvalue weighted by molar-refractivity contribution is -0.385. The minimum absolute atomic E-state index is 0.0829. The van der Waals surface area contributed by atoms with E-state index in [1.165, 1.54) is 43.8 Å². The second kappa shape index (κ2) is 10.1. The van der Waals surface area contributed by atoms with Gasteiger partial charge in [-0.2, -0.15) is 0 Å². The second-order valence-corrected chi connectivity index (χ2v) is 7.93. The number of hydrogen-bond donors (Lipinski definition) is 1. The first kappa shape index (κ1) is 22.4. The molecule has 1 atom stereocenters. The smallest absolute Gasteiger partial charge is 0.311 e. The molecule has 0 spiro atoms. The predicted octanol–water partition coefficient (Wildman–Crippen LogP) is 4.10. The number of carbonyl (C=O) groups excluding carboxylic acids is 1. The first-order valence-electron chi connectivity index (χ1n) is 10.5. The van der Waals surface area contributed by atoms with Crippen LogP contribution in [-0.2, 0) is 4.79 Å². The molecule has 0 radical (unpaired) electrons. The first-order chi connectivity index (χ1) is 14.9. The topological polar surface area (TPSA) is 93.9 Å². The van der Waals surface area contributed by atoms with Gasteiger partial charge in [-0.05, 0) is 49.4 Å². The molecule has 0 bridgehead atoms. The molecule has 2 aromatic rings. The molecule has 166 valence electrons. The van der Waals surface area contributed by atoms with Crippen molar-refractivity contribution in [3.05, 3.63) is 58.1 Å². The Morgan fingerprint density at radius 3 is 2.52 bits per heavy atom. The highest BCUT2D eigenvalue weighted by atomic mass is 16.6. The summed E-state index contributed by atoms with van der Waals surface area (Å²) in [7, 11) is 1.34. The Morgan fingerprint density at radius 2 is 1.90 bits per heavy atom. The Bertz CT molecular complexity index is 908. The SMILES string of the molecule is COc1cc(OCC(=O)N[C@@H](C)c2ccc(N3CCC(C)CC3)cc2)ccc1[N+](=O)[O-]. The summed E-state index contributed by atoms with van der Waals surface area (Å²) in [6.45, 7) is 6.18. The molecule has 8 heteroatoms. The molecule has 0 aliphatic carbocycles. The third-order valence-corrected chi connectivity index (χ3v) is 5.64. The molecule has 8 nitrogen and oxygen atoms in total. The summed E-state index contributed by atoms with van der Waals surface area (Å²) in [5, 5.41) is 13.9. The van der Waals surface area contributed by atoms with Gasteiger partial charge in [-0.15, -0.1) is 0 Å². The molecule has 1 amide bonds. The van der Waals surface area contributed by atoms with Crippen LogP contribution in [0.3, 0.4) is 0 Å². The first-order valence-corrected chi connectivity index (χ1v) is 10.5. The minimum Gasteiger partial charge on any atom is -0.490 e. The zero-order chi connectivity index (χ0) is 22.4. The van der Waals surface area contributed by atoms with Crippen molar-refractivity contribution in [2.24, 2.45) is 5.92 Å².